The number of carbonyl (C=O) groups is 1. The highest BCUT2D eigenvalue weighted by Gasteiger charge is 2.26. The van der Waals surface area contributed by atoms with Crippen molar-refractivity contribution in [3.05, 3.63) is 52.9 Å². The lowest BCUT2D eigenvalue weighted by Gasteiger charge is -2.30. The van der Waals surface area contributed by atoms with Gasteiger partial charge in [0.1, 0.15) is 5.82 Å². The second-order valence-corrected chi connectivity index (χ2v) is 8.28. The number of piperidine rings is 1. The Morgan fingerprint density at radius 1 is 1.32 bits per heavy atom. The van der Waals surface area contributed by atoms with Gasteiger partial charge in [-0.15, -0.1) is 11.3 Å². The summed E-state index contributed by atoms with van der Waals surface area (Å²) < 4.78 is 2.04. The summed E-state index contributed by atoms with van der Waals surface area (Å²) in [4.78, 5) is 23.9. The van der Waals surface area contributed by atoms with Crippen LogP contribution in [0.2, 0.25) is 5.02 Å². The SMILES string of the molecule is Cn1ccnc1CN1CCC(C(=O)Nc2nc(-c3ccccc3Cl)cs2)CC1. The van der Waals surface area contributed by atoms with Gasteiger partial charge in [-0.05, 0) is 32.0 Å². The molecule has 1 N–H and O–H groups in total. The van der Waals surface area contributed by atoms with Crippen LogP contribution >= 0.6 is 22.9 Å². The maximum atomic E-state index is 12.7. The van der Waals surface area contributed by atoms with Gasteiger partial charge in [0.2, 0.25) is 5.91 Å². The van der Waals surface area contributed by atoms with E-state index in [0.717, 1.165) is 49.6 Å². The molecule has 1 aromatic carbocycles. The van der Waals surface area contributed by atoms with Crippen molar-refractivity contribution >= 4 is 34.0 Å². The van der Waals surface area contributed by atoms with E-state index in [0.29, 0.717) is 10.2 Å². The van der Waals surface area contributed by atoms with Crippen molar-refractivity contribution in [3.63, 3.8) is 0 Å². The maximum absolute atomic E-state index is 12.7. The van der Waals surface area contributed by atoms with Crippen LogP contribution in [0.3, 0.4) is 0 Å². The van der Waals surface area contributed by atoms with Crippen LogP contribution in [0, 0.1) is 5.92 Å². The zero-order valence-electron chi connectivity index (χ0n) is 15.6. The van der Waals surface area contributed by atoms with E-state index in [1.807, 2.05) is 53.7 Å². The van der Waals surface area contributed by atoms with E-state index >= 15 is 0 Å². The van der Waals surface area contributed by atoms with Gasteiger partial charge >= 0.3 is 0 Å². The zero-order chi connectivity index (χ0) is 19.5. The predicted octanol–water partition coefficient (Wildman–Crippen LogP) is 4.05. The van der Waals surface area contributed by atoms with Crippen molar-refractivity contribution in [2.45, 2.75) is 19.4 Å². The first-order chi connectivity index (χ1) is 13.6. The number of aryl methyl sites for hydroxylation is 1. The molecule has 0 atom stereocenters. The van der Waals surface area contributed by atoms with Gasteiger partial charge in [0, 0.05) is 41.3 Å². The van der Waals surface area contributed by atoms with E-state index in [1.165, 1.54) is 11.3 Å². The van der Waals surface area contributed by atoms with Crippen LogP contribution in [0.4, 0.5) is 5.13 Å². The first-order valence-electron chi connectivity index (χ1n) is 9.30. The number of carbonyl (C=O) groups excluding carboxylic acids is 1. The van der Waals surface area contributed by atoms with Gasteiger partial charge in [-0.1, -0.05) is 29.8 Å². The molecule has 1 amide bonds. The zero-order valence-corrected chi connectivity index (χ0v) is 17.2. The van der Waals surface area contributed by atoms with Crippen molar-refractivity contribution in [2.24, 2.45) is 13.0 Å². The summed E-state index contributed by atoms with van der Waals surface area (Å²) in [5.74, 6) is 1.12. The molecule has 0 aliphatic carbocycles. The molecule has 28 heavy (non-hydrogen) atoms. The number of anilines is 1. The number of hydrogen-bond acceptors (Lipinski definition) is 5. The molecule has 146 valence electrons. The third-order valence-electron chi connectivity index (χ3n) is 5.13. The average Bonchev–Trinajstić information content (AvgIpc) is 3.32. The van der Waals surface area contributed by atoms with Crippen LogP contribution in [0.15, 0.2) is 42.0 Å². The van der Waals surface area contributed by atoms with Crippen LogP contribution in [-0.2, 0) is 18.4 Å². The highest BCUT2D eigenvalue weighted by molar-refractivity contribution is 7.14. The minimum atomic E-state index is 0.0188. The summed E-state index contributed by atoms with van der Waals surface area (Å²) in [5.41, 5.74) is 1.67. The fourth-order valence-electron chi connectivity index (χ4n) is 3.43. The fourth-order valence-corrected chi connectivity index (χ4v) is 4.38. The molecule has 0 saturated carbocycles. The maximum Gasteiger partial charge on any atom is 0.229 e. The van der Waals surface area contributed by atoms with Crippen molar-refractivity contribution in [1.82, 2.24) is 19.4 Å². The molecule has 0 bridgehead atoms. The smallest absolute Gasteiger partial charge is 0.229 e. The molecule has 1 aliphatic rings. The van der Waals surface area contributed by atoms with E-state index in [1.54, 1.807) is 0 Å². The van der Waals surface area contributed by atoms with Crippen LogP contribution in [0.25, 0.3) is 11.3 Å². The summed E-state index contributed by atoms with van der Waals surface area (Å²) in [6.45, 7) is 2.62. The lowest BCUT2D eigenvalue weighted by Crippen LogP contribution is -2.38. The number of benzene rings is 1. The van der Waals surface area contributed by atoms with Crippen molar-refractivity contribution < 1.29 is 4.79 Å². The van der Waals surface area contributed by atoms with Crippen molar-refractivity contribution in [1.29, 1.82) is 0 Å². The topological polar surface area (TPSA) is 63.1 Å². The molecule has 6 nitrogen and oxygen atoms in total. The predicted molar refractivity (Wildman–Crippen MR) is 112 cm³/mol. The number of halogens is 1. The lowest BCUT2D eigenvalue weighted by molar-refractivity contribution is -0.121. The molecular weight excluding hydrogens is 394 g/mol. The van der Waals surface area contributed by atoms with Crippen LogP contribution in [-0.4, -0.2) is 38.4 Å². The van der Waals surface area contributed by atoms with Crippen molar-refractivity contribution in [2.75, 3.05) is 18.4 Å². The molecule has 0 spiro atoms. The first kappa shape index (κ1) is 19.1. The quantitative estimate of drug-likeness (QED) is 0.682. The summed E-state index contributed by atoms with van der Waals surface area (Å²) in [5, 5.41) is 6.18. The highest BCUT2D eigenvalue weighted by atomic mass is 35.5. The summed E-state index contributed by atoms with van der Waals surface area (Å²) in [6, 6.07) is 7.59. The number of likely N-dealkylation sites (tertiary alicyclic amines) is 1. The Morgan fingerprint density at radius 2 is 2.11 bits per heavy atom. The van der Waals surface area contributed by atoms with Gasteiger partial charge in [-0.25, -0.2) is 9.97 Å². The van der Waals surface area contributed by atoms with Gasteiger partial charge in [0.15, 0.2) is 5.13 Å². The monoisotopic (exact) mass is 415 g/mol. The van der Waals surface area contributed by atoms with Gasteiger partial charge in [0.05, 0.1) is 12.2 Å². The Bertz CT molecular complexity index is 961. The second-order valence-electron chi connectivity index (χ2n) is 7.01. The summed E-state index contributed by atoms with van der Waals surface area (Å²) >= 11 is 7.66. The van der Waals surface area contributed by atoms with Crippen LogP contribution in [0.1, 0.15) is 18.7 Å². The van der Waals surface area contributed by atoms with Crippen molar-refractivity contribution in [3.8, 4) is 11.3 Å². The Kier molecular flexibility index (Phi) is 5.75. The molecular formula is C20H22ClN5OS. The molecule has 1 fully saturated rings. The minimum Gasteiger partial charge on any atom is -0.337 e. The third kappa shape index (κ3) is 4.27. The fraction of sp³-hybridized carbons (Fsp3) is 0.350. The van der Waals surface area contributed by atoms with E-state index in [9.17, 15) is 4.79 Å². The number of rotatable bonds is 5. The number of thiazole rings is 1. The average molecular weight is 416 g/mol. The van der Waals surface area contributed by atoms with Crippen LogP contribution in [0.5, 0.6) is 0 Å². The second kappa shape index (κ2) is 8.43. The van der Waals surface area contributed by atoms with Gasteiger partial charge < -0.3 is 9.88 Å². The Labute approximate surface area is 173 Å². The van der Waals surface area contributed by atoms with E-state index < -0.39 is 0 Å². The number of hydrogen-bond donors (Lipinski definition) is 1. The molecule has 2 aromatic heterocycles. The molecule has 0 radical (unpaired) electrons. The third-order valence-corrected chi connectivity index (χ3v) is 6.22. The number of nitrogens with one attached hydrogen (secondary N) is 1. The van der Waals surface area contributed by atoms with Gasteiger partial charge in [-0.2, -0.15) is 0 Å². The van der Waals surface area contributed by atoms with Gasteiger partial charge in [-0.3, -0.25) is 9.69 Å². The molecule has 4 rings (SSSR count). The summed E-state index contributed by atoms with van der Waals surface area (Å²) in [6.07, 6.45) is 5.47. The van der Waals surface area contributed by atoms with Gasteiger partial charge in [0.25, 0.3) is 0 Å². The lowest BCUT2D eigenvalue weighted by atomic mass is 9.96. The molecule has 8 heteroatoms. The number of nitrogens with zero attached hydrogens (tertiary/aromatic N) is 4. The normalized spacial score (nSPS) is 15.6. The molecule has 1 aliphatic heterocycles. The Morgan fingerprint density at radius 3 is 2.82 bits per heavy atom. The van der Waals surface area contributed by atoms with E-state index in [4.69, 9.17) is 11.6 Å². The molecule has 1 saturated heterocycles. The standard InChI is InChI=1S/C20H22ClN5OS/c1-25-11-8-22-18(25)12-26-9-6-14(7-10-26)19(27)24-20-23-17(13-28-20)15-4-2-3-5-16(15)21/h2-5,8,11,13-14H,6-7,9-10,12H2,1H3,(H,23,24,27). The largest absolute Gasteiger partial charge is 0.337 e. The summed E-state index contributed by atoms with van der Waals surface area (Å²) in [7, 11) is 2.01. The Hall–Kier alpha value is -2.22. The van der Waals surface area contributed by atoms with E-state index in [-0.39, 0.29) is 11.8 Å². The van der Waals surface area contributed by atoms with E-state index in [2.05, 4.69) is 20.2 Å². The first-order valence-corrected chi connectivity index (χ1v) is 10.6. The minimum absolute atomic E-state index is 0.0188. The highest BCUT2D eigenvalue weighted by Crippen LogP contribution is 2.30. The molecule has 3 heterocycles. The Balaban J connectivity index is 1.32. The van der Waals surface area contributed by atoms with Crippen LogP contribution < -0.4 is 5.32 Å². The number of amides is 1. The molecule has 0 unspecified atom stereocenters. The number of aromatic nitrogens is 3. The number of imidazole rings is 1. The molecule has 3 aromatic rings.